The number of aryl methyl sites for hydroxylation is 1. The molecule has 1 unspecified atom stereocenters. The number of alkyl halides is 3. The van der Waals surface area contributed by atoms with Gasteiger partial charge in [0.2, 0.25) is 11.9 Å². The van der Waals surface area contributed by atoms with Gasteiger partial charge in [0.25, 0.3) is 0 Å². The Morgan fingerprint density at radius 3 is 2.52 bits per heavy atom. The van der Waals surface area contributed by atoms with Gasteiger partial charge in [-0.2, -0.15) is 13.2 Å². The third-order valence-corrected chi connectivity index (χ3v) is 4.75. The van der Waals surface area contributed by atoms with Crippen molar-refractivity contribution in [1.29, 1.82) is 0 Å². The maximum absolute atomic E-state index is 13.9. The molecule has 1 aromatic heterocycles. The SMILES string of the molecule is Cn1c(NC(=O)C2CNCc3ccccc32)nc2c(F)cccc21.O=C(O)C(F)(F)F. The number of carboxylic acid groups (broad SMARTS) is 1. The van der Waals surface area contributed by atoms with E-state index in [1.54, 1.807) is 23.7 Å². The number of hydrogen-bond donors (Lipinski definition) is 3. The molecule has 31 heavy (non-hydrogen) atoms. The minimum atomic E-state index is -5.08. The van der Waals surface area contributed by atoms with Crippen molar-refractivity contribution in [3.8, 4) is 0 Å². The van der Waals surface area contributed by atoms with Gasteiger partial charge in [-0.25, -0.2) is 14.2 Å². The fraction of sp³-hybridized carbons (Fsp3) is 0.250. The van der Waals surface area contributed by atoms with Gasteiger partial charge in [-0.05, 0) is 23.3 Å². The van der Waals surface area contributed by atoms with Crippen LogP contribution in [0.15, 0.2) is 42.5 Å². The molecule has 3 aromatic rings. The molecule has 1 aliphatic rings. The summed E-state index contributed by atoms with van der Waals surface area (Å²) in [6.07, 6.45) is -5.08. The van der Waals surface area contributed by atoms with E-state index in [0.717, 1.165) is 17.7 Å². The topological polar surface area (TPSA) is 96.3 Å². The summed E-state index contributed by atoms with van der Waals surface area (Å²) in [4.78, 5) is 25.9. The first-order valence-electron chi connectivity index (χ1n) is 9.10. The molecule has 164 valence electrons. The van der Waals surface area contributed by atoms with Crippen LogP contribution in [0.5, 0.6) is 0 Å². The van der Waals surface area contributed by atoms with Crippen LogP contribution in [-0.2, 0) is 23.2 Å². The van der Waals surface area contributed by atoms with Crippen LogP contribution in [-0.4, -0.2) is 39.3 Å². The highest BCUT2D eigenvalue weighted by Crippen LogP contribution is 2.26. The molecule has 1 amide bonds. The lowest BCUT2D eigenvalue weighted by molar-refractivity contribution is -0.192. The number of aromatic nitrogens is 2. The van der Waals surface area contributed by atoms with Gasteiger partial charge in [-0.15, -0.1) is 0 Å². The van der Waals surface area contributed by atoms with E-state index in [4.69, 9.17) is 9.90 Å². The molecule has 0 bridgehead atoms. The maximum Gasteiger partial charge on any atom is 0.490 e. The minimum Gasteiger partial charge on any atom is -0.475 e. The van der Waals surface area contributed by atoms with E-state index in [9.17, 15) is 22.4 Å². The second-order valence-electron chi connectivity index (χ2n) is 6.78. The molecule has 0 spiro atoms. The maximum atomic E-state index is 13.9. The standard InChI is InChI=1S/C18H17FN4O.C2HF3O2/c1-23-15-8-4-7-14(19)16(15)21-18(23)22-17(24)13-10-20-9-11-5-2-3-6-12(11)13;3-2(4,5)1(6)7/h2-8,13,20H,9-10H2,1H3,(H,21,22,24);(H,6,7). The van der Waals surface area contributed by atoms with Crippen LogP contribution in [0.2, 0.25) is 0 Å². The largest absolute Gasteiger partial charge is 0.490 e. The van der Waals surface area contributed by atoms with Gasteiger partial charge >= 0.3 is 12.1 Å². The van der Waals surface area contributed by atoms with Gasteiger partial charge < -0.3 is 15.0 Å². The summed E-state index contributed by atoms with van der Waals surface area (Å²) >= 11 is 0. The zero-order chi connectivity index (χ0) is 22.8. The monoisotopic (exact) mass is 438 g/mol. The van der Waals surface area contributed by atoms with Crippen LogP contribution in [0, 0.1) is 5.82 Å². The third kappa shape index (κ3) is 4.82. The first-order chi connectivity index (χ1) is 14.6. The van der Waals surface area contributed by atoms with Crippen LogP contribution >= 0.6 is 0 Å². The van der Waals surface area contributed by atoms with E-state index in [2.05, 4.69) is 15.6 Å². The van der Waals surface area contributed by atoms with Crippen molar-refractivity contribution in [2.45, 2.75) is 18.6 Å². The predicted molar refractivity (Wildman–Crippen MR) is 104 cm³/mol. The number of amides is 1. The number of fused-ring (bicyclic) bond motifs is 2. The summed E-state index contributed by atoms with van der Waals surface area (Å²) in [6, 6.07) is 12.7. The van der Waals surface area contributed by atoms with E-state index in [-0.39, 0.29) is 17.3 Å². The minimum absolute atomic E-state index is 0.145. The number of imidazole rings is 1. The number of carbonyl (C=O) groups is 2. The summed E-state index contributed by atoms with van der Waals surface area (Å²) in [5, 5.41) is 13.2. The Balaban J connectivity index is 0.000000339. The van der Waals surface area contributed by atoms with E-state index in [0.29, 0.717) is 18.0 Å². The highest BCUT2D eigenvalue weighted by molar-refractivity contribution is 5.96. The highest BCUT2D eigenvalue weighted by Gasteiger charge is 2.38. The predicted octanol–water partition coefficient (Wildman–Crippen LogP) is 3.17. The van der Waals surface area contributed by atoms with Crippen LogP contribution < -0.4 is 10.6 Å². The number of benzene rings is 2. The molecule has 4 rings (SSSR count). The fourth-order valence-corrected chi connectivity index (χ4v) is 3.22. The van der Waals surface area contributed by atoms with Crippen molar-refractivity contribution in [3.05, 3.63) is 59.4 Å². The van der Waals surface area contributed by atoms with Crippen LogP contribution in [0.3, 0.4) is 0 Å². The Morgan fingerprint density at radius 1 is 1.19 bits per heavy atom. The molecule has 1 aliphatic heterocycles. The summed E-state index contributed by atoms with van der Waals surface area (Å²) in [7, 11) is 1.76. The number of para-hydroxylation sites is 1. The van der Waals surface area contributed by atoms with Crippen LogP contribution in [0.4, 0.5) is 23.5 Å². The number of anilines is 1. The zero-order valence-electron chi connectivity index (χ0n) is 16.2. The number of aliphatic carboxylic acids is 1. The van der Waals surface area contributed by atoms with Crippen molar-refractivity contribution >= 4 is 28.9 Å². The molecule has 0 saturated heterocycles. The zero-order valence-corrected chi connectivity index (χ0v) is 16.2. The number of halogens is 4. The summed E-state index contributed by atoms with van der Waals surface area (Å²) < 4.78 is 47.3. The van der Waals surface area contributed by atoms with Gasteiger partial charge in [-0.3, -0.25) is 10.1 Å². The average molecular weight is 438 g/mol. The average Bonchev–Trinajstić information content (AvgIpc) is 3.04. The number of nitrogens with zero attached hydrogens (tertiary/aromatic N) is 2. The van der Waals surface area contributed by atoms with Gasteiger partial charge in [-0.1, -0.05) is 30.3 Å². The Kier molecular flexibility index (Phi) is 6.25. The van der Waals surface area contributed by atoms with Crippen LogP contribution in [0.1, 0.15) is 17.0 Å². The van der Waals surface area contributed by atoms with Gasteiger partial charge in [0, 0.05) is 20.1 Å². The van der Waals surface area contributed by atoms with E-state index in [1.165, 1.54) is 6.07 Å². The summed E-state index contributed by atoms with van der Waals surface area (Å²) in [5.74, 6) is -3.24. The molecular formula is C20H18F4N4O3. The van der Waals surface area contributed by atoms with Crippen molar-refractivity contribution in [1.82, 2.24) is 14.9 Å². The Morgan fingerprint density at radius 2 is 1.87 bits per heavy atom. The molecule has 0 radical (unpaired) electrons. The second-order valence-corrected chi connectivity index (χ2v) is 6.78. The molecule has 0 fully saturated rings. The van der Waals surface area contributed by atoms with Crippen molar-refractivity contribution in [2.75, 3.05) is 11.9 Å². The number of hydrogen-bond acceptors (Lipinski definition) is 4. The lowest BCUT2D eigenvalue weighted by Crippen LogP contribution is -2.35. The fourth-order valence-electron chi connectivity index (χ4n) is 3.22. The molecule has 2 aromatic carbocycles. The van der Waals surface area contributed by atoms with Crippen molar-refractivity contribution in [3.63, 3.8) is 0 Å². The second kappa shape index (κ2) is 8.72. The Labute approximate surface area is 173 Å². The quantitative estimate of drug-likeness (QED) is 0.534. The molecule has 0 aliphatic carbocycles. The number of carbonyl (C=O) groups excluding carboxylic acids is 1. The number of carboxylic acids is 1. The van der Waals surface area contributed by atoms with E-state index in [1.807, 2.05) is 24.3 Å². The molecule has 1 atom stereocenters. The molecule has 11 heteroatoms. The first kappa shape index (κ1) is 22.2. The number of nitrogens with one attached hydrogen (secondary N) is 2. The lowest BCUT2D eigenvalue weighted by Gasteiger charge is -2.25. The highest BCUT2D eigenvalue weighted by atomic mass is 19.4. The summed E-state index contributed by atoms with van der Waals surface area (Å²) in [5.41, 5.74) is 3.06. The molecule has 7 nitrogen and oxygen atoms in total. The van der Waals surface area contributed by atoms with Crippen LogP contribution in [0.25, 0.3) is 11.0 Å². The molecular weight excluding hydrogens is 420 g/mol. The van der Waals surface area contributed by atoms with Gasteiger partial charge in [0.1, 0.15) is 5.52 Å². The lowest BCUT2D eigenvalue weighted by atomic mass is 9.90. The Hall–Kier alpha value is -3.47. The van der Waals surface area contributed by atoms with Gasteiger partial charge in [0.05, 0.1) is 11.4 Å². The smallest absolute Gasteiger partial charge is 0.475 e. The molecule has 2 heterocycles. The normalized spacial score (nSPS) is 15.6. The summed E-state index contributed by atoms with van der Waals surface area (Å²) in [6.45, 7) is 1.33. The van der Waals surface area contributed by atoms with Crippen molar-refractivity contribution in [2.24, 2.45) is 7.05 Å². The van der Waals surface area contributed by atoms with Gasteiger partial charge in [0.15, 0.2) is 5.82 Å². The molecule has 0 saturated carbocycles. The number of rotatable bonds is 2. The van der Waals surface area contributed by atoms with Crippen molar-refractivity contribution < 1.29 is 32.3 Å². The third-order valence-electron chi connectivity index (χ3n) is 4.75. The molecule has 3 N–H and O–H groups in total. The first-order valence-corrected chi connectivity index (χ1v) is 9.10. The van der Waals surface area contributed by atoms with E-state index >= 15 is 0 Å². The van der Waals surface area contributed by atoms with E-state index < -0.39 is 18.0 Å². The Bertz CT molecular complexity index is 1130.